The van der Waals surface area contributed by atoms with Crippen LogP contribution in [0.3, 0.4) is 0 Å². The lowest BCUT2D eigenvalue weighted by molar-refractivity contribution is 0.415. The standard InChI is InChI=1S/C18H18INO2/c1-22-14-7-8-17-16(11-14)15(9-10-19)18(21)20(17)12-13-5-3-2-4-6-13/h2-8,11,21H,9-10,12H2,1H3. The minimum absolute atomic E-state index is 0.365. The van der Waals surface area contributed by atoms with Gasteiger partial charge in [0.1, 0.15) is 5.75 Å². The van der Waals surface area contributed by atoms with E-state index in [0.717, 1.165) is 33.1 Å². The fourth-order valence-corrected chi connectivity index (χ4v) is 3.32. The Balaban J connectivity index is 2.14. The zero-order valence-corrected chi connectivity index (χ0v) is 14.6. The lowest BCUT2D eigenvalue weighted by Gasteiger charge is -2.08. The Morgan fingerprint density at radius 3 is 2.59 bits per heavy atom. The number of nitrogens with zero attached hydrogens (tertiary/aromatic N) is 1. The Morgan fingerprint density at radius 2 is 1.91 bits per heavy atom. The van der Waals surface area contributed by atoms with Gasteiger partial charge in [-0.05, 0) is 30.2 Å². The van der Waals surface area contributed by atoms with Gasteiger partial charge in [0.05, 0.1) is 19.2 Å². The molecule has 1 heterocycles. The summed E-state index contributed by atoms with van der Waals surface area (Å²) in [5, 5.41) is 11.8. The van der Waals surface area contributed by atoms with Crippen molar-refractivity contribution in [3.8, 4) is 11.6 Å². The highest BCUT2D eigenvalue weighted by Crippen LogP contribution is 2.35. The molecule has 0 radical (unpaired) electrons. The monoisotopic (exact) mass is 407 g/mol. The normalized spacial score (nSPS) is 11.0. The fourth-order valence-electron chi connectivity index (χ4n) is 2.78. The molecule has 114 valence electrons. The molecule has 3 aromatic rings. The zero-order valence-electron chi connectivity index (χ0n) is 12.4. The summed E-state index contributed by atoms with van der Waals surface area (Å²) in [6.07, 6.45) is 0.845. The molecule has 3 nitrogen and oxygen atoms in total. The summed E-state index contributed by atoms with van der Waals surface area (Å²) < 4.78 is 8.27. The molecule has 4 heteroatoms. The van der Waals surface area contributed by atoms with Crippen LogP contribution in [0.15, 0.2) is 48.5 Å². The first kappa shape index (κ1) is 15.2. The third kappa shape index (κ3) is 2.79. The second-order valence-corrected chi connectivity index (χ2v) is 6.27. The number of ether oxygens (including phenoxy) is 1. The minimum Gasteiger partial charge on any atom is -0.497 e. The molecule has 0 unspecified atom stereocenters. The van der Waals surface area contributed by atoms with Crippen LogP contribution in [-0.2, 0) is 13.0 Å². The average molecular weight is 407 g/mol. The predicted molar refractivity (Wildman–Crippen MR) is 98.3 cm³/mol. The molecule has 0 aliphatic carbocycles. The van der Waals surface area contributed by atoms with Crippen molar-refractivity contribution in [2.24, 2.45) is 0 Å². The van der Waals surface area contributed by atoms with Crippen molar-refractivity contribution in [2.75, 3.05) is 11.5 Å². The van der Waals surface area contributed by atoms with Crippen LogP contribution in [0.2, 0.25) is 0 Å². The number of hydrogen-bond acceptors (Lipinski definition) is 2. The first-order valence-electron chi connectivity index (χ1n) is 7.22. The SMILES string of the molecule is COc1ccc2c(c1)c(CCI)c(O)n2Cc1ccccc1. The molecule has 2 aromatic carbocycles. The summed E-state index contributed by atoms with van der Waals surface area (Å²) in [6, 6.07) is 16.2. The lowest BCUT2D eigenvalue weighted by Crippen LogP contribution is -1.99. The van der Waals surface area contributed by atoms with Crippen LogP contribution in [0.5, 0.6) is 11.6 Å². The molecule has 3 rings (SSSR count). The molecule has 0 amide bonds. The maximum atomic E-state index is 10.7. The number of hydrogen-bond donors (Lipinski definition) is 1. The van der Waals surface area contributed by atoms with E-state index >= 15 is 0 Å². The Hall–Kier alpha value is -1.69. The Labute approximate surface area is 143 Å². The second-order valence-electron chi connectivity index (χ2n) is 5.20. The van der Waals surface area contributed by atoms with Gasteiger partial charge in [-0.1, -0.05) is 52.9 Å². The van der Waals surface area contributed by atoms with Gasteiger partial charge in [0.15, 0.2) is 5.88 Å². The van der Waals surface area contributed by atoms with Gasteiger partial charge in [0.25, 0.3) is 0 Å². The highest BCUT2D eigenvalue weighted by Gasteiger charge is 2.17. The van der Waals surface area contributed by atoms with Crippen molar-refractivity contribution in [2.45, 2.75) is 13.0 Å². The van der Waals surface area contributed by atoms with E-state index in [9.17, 15) is 5.11 Å². The number of fused-ring (bicyclic) bond motifs is 1. The number of aromatic nitrogens is 1. The number of aromatic hydroxyl groups is 1. The van der Waals surface area contributed by atoms with Gasteiger partial charge in [-0.2, -0.15) is 0 Å². The average Bonchev–Trinajstić information content (AvgIpc) is 2.81. The van der Waals surface area contributed by atoms with Crippen LogP contribution >= 0.6 is 22.6 Å². The molecule has 0 bridgehead atoms. The van der Waals surface area contributed by atoms with Crippen LogP contribution in [0.4, 0.5) is 0 Å². The Kier molecular flexibility index (Phi) is 4.57. The van der Waals surface area contributed by atoms with Gasteiger partial charge >= 0.3 is 0 Å². The summed E-state index contributed by atoms with van der Waals surface area (Å²) in [6.45, 7) is 0.663. The molecule has 0 saturated carbocycles. The van der Waals surface area contributed by atoms with Gasteiger partial charge in [0, 0.05) is 15.4 Å². The van der Waals surface area contributed by atoms with Crippen molar-refractivity contribution in [1.29, 1.82) is 0 Å². The van der Waals surface area contributed by atoms with E-state index < -0.39 is 0 Å². The number of rotatable bonds is 5. The smallest absolute Gasteiger partial charge is 0.195 e. The minimum atomic E-state index is 0.365. The molecule has 1 N–H and O–H groups in total. The highest BCUT2D eigenvalue weighted by molar-refractivity contribution is 14.1. The van der Waals surface area contributed by atoms with Crippen molar-refractivity contribution < 1.29 is 9.84 Å². The zero-order chi connectivity index (χ0) is 15.5. The quantitative estimate of drug-likeness (QED) is 0.503. The third-order valence-electron chi connectivity index (χ3n) is 3.87. The van der Waals surface area contributed by atoms with Crippen molar-refractivity contribution in [1.82, 2.24) is 4.57 Å². The maximum absolute atomic E-state index is 10.7. The van der Waals surface area contributed by atoms with Gasteiger partial charge in [-0.15, -0.1) is 0 Å². The van der Waals surface area contributed by atoms with E-state index in [-0.39, 0.29) is 0 Å². The molecule has 0 aliphatic rings. The molecule has 22 heavy (non-hydrogen) atoms. The molecular formula is C18H18INO2. The van der Waals surface area contributed by atoms with Crippen LogP contribution in [0.25, 0.3) is 10.9 Å². The van der Waals surface area contributed by atoms with Crippen molar-refractivity contribution in [3.63, 3.8) is 0 Å². The van der Waals surface area contributed by atoms with E-state index in [2.05, 4.69) is 34.7 Å². The highest BCUT2D eigenvalue weighted by atomic mass is 127. The number of halogens is 1. The second kappa shape index (κ2) is 6.60. The van der Waals surface area contributed by atoms with Crippen LogP contribution in [0.1, 0.15) is 11.1 Å². The van der Waals surface area contributed by atoms with Crippen LogP contribution in [0, 0.1) is 0 Å². The van der Waals surface area contributed by atoms with Gasteiger partial charge in [-0.25, -0.2) is 0 Å². The summed E-state index contributed by atoms with van der Waals surface area (Å²) in [4.78, 5) is 0. The van der Waals surface area contributed by atoms with E-state index in [1.807, 2.05) is 41.0 Å². The predicted octanol–water partition coefficient (Wildman–Crippen LogP) is 4.38. The first-order chi connectivity index (χ1) is 10.7. The molecule has 0 fully saturated rings. The number of benzene rings is 2. The van der Waals surface area contributed by atoms with Crippen molar-refractivity contribution in [3.05, 3.63) is 59.7 Å². The topological polar surface area (TPSA) is 34.4 Å². The molecule has 0 aliphatic heterocycles. The Bertz CT molecular complexity index is 781. The molecule has 0 spiro atoms. The maximum Gasteiger partial charge on any atom is 0.195 e. The molecule has 0 atom stereocenters. The lowest BCUT2D eigenvalue weighted by atomic mass is 10.1. The summed E-state index contributed by atoms with van der Waals surface area (Å²) in [7, 11) is 1.67. The van der Waals surface area contributed by atoms with E-state index in [1.165, 1.54) is 5.56 Å². The molecule has 0 saturated heterocycles. The van der Waals surface area contributed by atoms with Gasteiger partial charge in [-0.3, -0.25) is 0 Å². The Morgan fingerprint density at radius 1 is 1.14 bits per heavy atom. The third-order valence-corrected chi connectivity index (χ3v) is 4.41. The molecule has 1 aromatic heterocycles. The summed E-state index contributed by atoms with van der Waals surface area (Å²) in [5.74, 6) is 1.18. The number of methoxy groups -OCH3 is 1. The van der Waals surface area contributed by atoms with Crippen molar-refractivity contribution >= 4 is 33.5 Å². The van der Waals surface area contributed by atoms with E-state index in [4.69, 9.17) is 4.74 Å². The first-order valence-corrected chi connectivity index (χ1v) is 8.75. The largest absolute Gasteiger partial charge is 0.497 e. The van der Waals surface area contributed by atoms with Crippen LogP contribution < -0.4 is 4.74 Å². The molecular weight excluding hydrogens is 389 g/mol. The van der Waals surface area contributed by atoms with E-state index in [0.29, 0.717) is 12.4 Å². The van der Waals surface area contributed by atoms with E-state index in [1.54, 1.807) is 7.11 Å². The van der Waals surface area contributed by atoms with Gasteiger partial charge in [0.2, 0.25) is 0 Å². The van der Waals surface area contributed by atoms with Gasteiger partial charge < -0.3 is 14.4 Å². The fraction of sp³-hybridized carbons (Fsp3) is 0.222. The number of aryl methyl sites for hydroxylation is 1. The van der Waals surface area contributed by atoms with Crippen LogP contribution in [-0.4, -0.2) is 21.2 Å². The summed E-state index contributed by atoms with van der Waals surface area (Å²) in [5.41, 5.74) is 3.22. The summed E-state index contributed by atoms with van der Waals surface area (Å²) >= 11 is 2.34. The number of alkyl halides is 1.